The fourth-order valence-electron chi connectivity index (χ4n) is 4.88. The van der Waals surface area contributed by atoms with Gasteiger partial charge in [-0.1, -0.05) is 29.3 Å². The molecule has 0 aliphatic carbocycles. The number of carbonyl (C=O) groups is 2. The molecule has 3 aliphatic rings. The van der Waals surface area contributed by atoms with Crippen molar-refractivity contribution in [3.8, 4) is 5.75 Å². The van der Waals surface area contributed by atoms with Gasteiger partial charge in [-0.3, -0.25) is 9.69 Å². The molecule has 35 heavy (non-hydrogen) atoms. The highest BCUT2D eigenvalue weighted by Crippen LogP contribution is 2.34. The highest BCUT2D eigenvalue weighted by Gasteiger charge is 2.53. The Balaban J connectivity index is 1.45. The summed E-state index contributed by atoms with van der Waals surface area (Å²) in [5.41, 5.74) is 1.64. The van der Waals surface area contributed by atoms with Gasteiger partial charge in [0.15, 0.2) is 12.2 Å². The Kier molecular flexibility index (Phi) is 6.51. The average Bonchev–Trinajstić information content (AvgIpc) is 3.10. The van der Waals surface area contributed by atoms with E-state index in [0.29, 0.717) is 28.8 Å². The summed E-state index contributed by atoms with van der Waals surface area (Å²) in [6.07, 6.45) is 1.31. The van der Waals surface area contributed by atoms with Crippen LogP contribution in [0.2, 0.25) is 10.0 Å². The number of likely N-dealkylation sites (N-methyl/N-ethyl adjacent to an activating group) is 1. The number of hydrogen-bond acceptors (Lipinski definition) is 6. The van der Waals surface area contributed by atoms with E-state index in [1.54, 1.807) is 30.1 Å². The molecule has 3 aliphatic heterocycles. The lowest BCUT2D eigenvalue weighted by Gasteiger charge is -2.41. The molecule has 2 aromatic rings. The minimum absolute atomic E-state index is 0.0764. The number of carbonyl (C=O) groups excluding carboxylic acids is 2. The average molecular weight is 516 g/mol. The summed E-state index contributed by atoms with van der Waals surface area (Å²) in [4.78, 5) is 38.9. The summed E-state index contributed by atoms with van der Waals surface area (Å²) in [7, 11) is 1.69. The maximum absolute atomic E-state index is 13.7. The molecule has 0 bridgehead atoms. The summed E-state index contributed by atoms with van der Waals surface area (Å²) in [5, 5.41) is 0.919. The third kappa shape index (κ3) is 4.29. The molecular weight excluding hydrogens is 489 g/mol. The zero-order valence-corrected chi connectivity index (χ0v) is 21.2. The third-order valence-corrected chi connectivity index (χ3v) is 7.23. The molecule has 0 aromatic heterocycles. The van der Waals surface area contributed by atoms with Gasteiger partial charge in [-0.05, 0) is 61.7 Å². The van der Waals surface area contributed by atoms with E-state index in [4.69, 9.17) is 32.9 Å². The van der Waals surface area contributed by atoms with Gasteiger partial charge in [-0.25, -0.2) is 9.79 Å². The first-order valence-corrected chi connectivity index (χ1v) is 12.5. The number of anilines is 1. The number of hydrogen-bond donors (Lipinski definition) is 0. The maximum Gasteiger partial charge on any atom is 0.328 e. The lowest BCUT2D eigenvalue weighted by Crippen LogP contribution is -2.65. The first-order chi connectivity index (χ1) is 16.9. The number of ether oxygens (including phenoxy) is 1. The van der Waals surface area contributed by atoms with Gasteiger partial charge < -0.3 is 19.4 Å². The van der Waals surface area contributed by atoms with Crippen molar-refractivity contribution in [1.29, 1.82) is 0 Å². The predicted octanol–water partition coefficient (Wildman–Crippen LogP) is 4.45. The summed E-state index contributed by atoms with van der Waals surface area (Å²) in [6, 6.07) is 12.0. The SMILES string of the molecule is CCOc1ccc(N2CCCCN3C2=NC2C3C(=O)N(Cc3ccc(Cl)cc3Cl)C(=O)N2C)cc1. The zero-order chi connectivity index (χ0) is 24.7. The van der Waals surface area contributed by atoms with Gasteiger partial charge in [-0.2, -0.15) is 0 Å². The molecule has 184 valence electrons. The Bertz CT molecular complexity index is 1170. The second-order valence-electron chi connectivity index (χ2n) is 8.82. The van der Waals surface area contributed by atoms with Gasteiger partial charge in [0.2, 0.25) is 5.96 Å². The zero-order valence-electron chi connectivity index (χ0n) is 19.7. The molecule has 0 saturated carbocycles. The maximum atomic E-state index is 13.7. The summed E-state index contributed by atoms with van der Waals surface area (Å²) < 4.78 is 5.58. The number of nitrogens with zero attached hydrogens (tertiary/aromatic N) is 5. The normalized spacial score (nSPS) is 22.1. The quantitative estimate of drug-likeness (QED) is 0.588. The number of rotatable bonds is 5. The Morgan fingerprint density at radius 3 is 2.51 bits per heavy atom. The fourth-order valence-corrected chi connectivity index (χ4v) is 5.35. The monoisotopic (exact) mass is 515 g/mol. The van der Waals surface area contributed by atoms with E-state index in [1.165, 1.54) is 4.90 Å². The van der Waals surface area contributed by atoms with Gasteiger partial charge >= 0.3 is 6.03 Å². The first kappa shape index (κ1) is 23.8. The molecule has 3 amide bonds. The van der Waals surface area contributed by atoms with Crippen molar-refractivity contribution in [3.05, 3.63) is 58.1 Å². The van der Waals surface area contributed by atoms with Crippen LogP contribution in [-0.4, -0.2) is 71.5 Å². The molecule has 8 nitrogen and oxygen atoms in total. The van der Waals surface area contributed by atoms with Crippen LogP contribution in [0.5, 0.6) is 5.75 Å². The van der Waals surface area contributed by atoms with Crippen molar-refractivity contribution >= 4 is 46.8 Å². The van der Waals surface area contributed by atoms with E-state index in [0.717, 1.165) is 36.8 Å². The number of fused-ring (bicyclic) bond motifs is 3. The fraction of sp³-hybridized carbons (Fsp3) is 0.400. The third-order valence-electron chi connectivity index (χ3n) is 6.65. The minimum Gasteiger partial charge on any atom is -0.494 e. The topological polar surface area (TPSA) is 68.7 Å². The van der Waals surface area contributed by atoms with E-state index in [-0.39, 0.29) is 12.5 Å². The highest BCUT2D eigenvalue weighted by atomic mass is 35.5. The number of amides is 3. The lowest BCUT2D eigenvalue weighted by atomic mass is 10.1. The smallest absolute Gasteiger partial charge is 0.328 e. The Hall–Kier alpha value is -2.97. The van der Waals surface area contributed by atoms with Gasteiger partial charge in [0, 0.05) is 35.9 Å². The second-order valence-corrected chi connectivity index (χ2v) is 9.66. The first-order valence-electron chi connectivity index (χ1n) is 11.8. The van der Waals surface area contributed by atoms with Crippen LogP contribution in [0.3, 0.4) is 0 Å². The number of urea groups is 1. The molecule has 2 unspecified atom stereocenters. The van der Waals surface area contributed by atoms with Crippen LogP contribution in [0.25, 0.3) is 0 Å². The van der Waals surface area contributed by atoms with Gasteiger partial charge in [-0.15, -0.1) is 0 Å². The standard InChI is InChI=1S/C25H27Cl2N5O3/c1-3-35-19-10-8-18(9-11-19)30-12-4-5-13-31-21-22(28-24(30)31)29(2)25(34)32(23(21)33)15-16-6-7-17(26)14-20(16)27/h6-11,14,21-22H,3-5,12-13,15H2,1-2H3. The molecular formula is C25H27Cl2N5O3. The second kappa shape index (κ2) is 9.59. The minimum atomic E-state index is -0.581. The molecule has 2 fully saturated rings. The number of halogens is 2. The summed E-state index contributed by atoms with van der Waals surface area (Å²) in [5.74, 6) is 1.26. The lowest BCUT2D eigenvalue weighted by molar-refractivity contribution is -0.138. The largest absolute Gasteiger partial charge is 0.494 e. The Morgan fingerprint density at radius 2 is 1.80 bits per heavy atom. The van der Waals surface area contributed by atoms with Crippen LogP contribution in [0.1, 0.15) is 25.3 Å². The van der Waals surface area contributed by atoms with E-state index in [2.05, 4.69) is 9.80 Å². The highest BCUT2D eigenvalue weighted by molar-refractivity contribution is 6.35. The van der Waals surface area contributed by atoms with Crippen molar-refractivity contribution in [2.75, 3.05) is 31.6 Å². The molecule has 2 atom stereocenters. The number of aliphatic imine (C=N–C) groups is 1. The molecule has 0 spiro atoms. The van der Waals surface area contributed by atoms with Gasteiger partial charge in [0.1, 0.15) is 5.75 Å². The van der Waals surface area contributed by atoms with E-state index in [9.17, 15) is 9.59 Å². The van der Waals surface area contributed by atoms with Gasteiger partial charge in [0.25, 0.3) is 5.91 Å². The number of benzene rings is 2. The van der Waals surface area contributed by atoms with Crippen LogP contribution in [0.15, 0.2) is 47.5 Å². The predicted molar refractivity (Wildman–Crippen MR) is 136 cm³/mol. The molecule has 3 heterocycles. The van der Waals surface area contributed by atoms with Crippen LogP contribution < -0.4 is 9.64 Å². The van der Waals surface area contributed by atoms with Crippen LogP contribution in [0, 0.1) is 0 Å². The van der Waals surface area contributed by atoms with Crippen LogP contribution >= 0.6 is 23.2 Å². The van der Waals surface area contributed by atoms with E-state index >= 15 is 0 Å². The van der Waals surface area contributed by atoms with Crippen LogP contribution in [-0.2, 0) is 11.3 Å². The van der Waals surface area contributed by atoms with Gasteiger partial charge in [0.05, 0.1) is 13.2 Å². The Morgan fingerprint density at radius 1 is 1.06 bits per heavy atom. The summed E-state index contributed by atoms with van der Waals surface area (Å²) >= 11 is 12.4. The number of guanidine groups is 1. The van der Waals surface area contributed by atoms with Crippen molar-refractivity contribution in [2.24, 2.45) is 4.99 Å². The number of imide groups is 1. The molecule has 5 rings (SSSR count). The molecule has 2 saturated heterocycles. The van der Waals surface area contributed by atoms with E-state index in [1.807, 2.05) is 31.2 Å². The van der Waals surface area contributed by atoms with Crippen molar-refractivity contribution in [2.45, 2.75) is 38.5 Å². The Labute approximate surface area is 214 Å². The van der Waals surface area contributed by atoms with Crippen molar-refractivity contribution in [3.63, 3.8) is 0 Å². The van der Waals surface area contributed by atoms with Crippen molar-refractivity contribution < 1.29 is 14.3 Å². The van der Waals surface area contributed by atoms with Crippen LogP contribution in [0.4, 0.5) is 10.5 Å². The molecule has 0 N–H and O–H groups in total. The van der Waals surface area contributed by atoms with Crippen molar-refractivity contribution in [1.82, 2.24) is 14.7 Å². The summed E-state index contributed by atoms with van der Waals surface area (Å²) in [6.45, 7) is 4.10. The van der Waals surface area contributed by atoms with E-state index < -0.39 is 18.2 Å². The molecule has 0 radical (unpaired) electrons. The molecule has 2 aromatic carbocycles. The molecule has 10 heteroatoms.